The zero-order chi connectivity index (χ0) is 11.1. The summed E-state index contributed by atoms with van der Waals surface area (Å²) < 4.78 is 1.88. The van der Waals surface area contributed by atoms with Gasteiger partial charge in [-0.1, -0.05) is 20.8 Å². The van der Waals surface area contributed by atoms with Gasteiger partial charge in [-0.3, -0.25) is 4.68 Å². The van der Waals surface area contributed by atoms with Crippen LogP contribution in [0.25, 0.3) is 0 Å². The molecule has 0 unspecified atom stereocenters. The lowest BCUT2D eigenvalue weighted by atomic mass is 9.96. The van der Waals surface area contributed by atoms with Crippen LogP contribution in [-0.4, -0.2) is 20.8 Å². The van der Waals surface area contributed by atoms with Gasteiger partial charge in [0, 0.05) is 18.5 Å². The smallest absolute Gasteiger partial charge is 0.156 e. The normalized spacial score (nSPS) is 17.1. The van der Waals surface area contributed by atoms with Crippen molar-refractivity contribution in [3.8, 4) is 0 Å². The molecule has 0 saturated heterocycles. The van der Waals surface area contributed by atoms with E-state index in [9.17, 15) is 0 Å². The van der Waals surface area contributed by atoms with Crippen LogP contribution in [0.15, 0.2) is 0 Å². The second-order valence-corrected chi connectivity index (χ2v) is 5.38. The Morgan fingerprint density at radius 1 is 1.40 bits per heavy atom. The van der Waals surface area contributed by atoms with Crippen LogP contribution in [0.1, 0.15) is 45.3 Å². The van der Waals surface area contributed by atoms with Crippen molar-refractivity contribution in [1.29, 1.82) is 0 Å². The van der Waals surface area contributed by atoms with Crippen molar-refractivity contribution < 1.29 is 0 Å². The van der Waals surface area contributed by atoms with Gasteiger partial charge in [-0.25, -0.2) is 4.98 Å². The monoisotopic (exact) mass is 208 g/mol. The summed E-state index contributed by atoms with van der Waals surface area (Å²) in [7, 11) is 1.96. The highest BCUT2D eigenvalue weighted by atomic mass is 15.3. The van der Waals surface area contributed by atoms with Gasteiger partial charge in [0.2, 0.25) is 0 Å². The topological polar surface area (TPSA) is 42.7 Å². The third-order valence-electron chi connectivity index (χ3n) is 2.65. The third kappa shape index (κ3) is 2.56. The highest BCUT2D eigenvalue weighted by Crippen LogP contribution is 2.20. The molecule has 84 valence electrons. The van der Waals surface area contributed by atoms with Crippen LogP contribution in [-0.2, 0) is 19.0 Å². The van der Waals surface area contributed by atoms with E-state index in [4.69, 9.17) is 0 Å². The maximum Gasteiger partial charge on any atom is 0.156 e. The molecule has 0 spiro atoms. The standard InChI is InChI=1S/C11H20N4/c1-11(2,3)10-13-9(15(4)14-10)7-12-8-5-6-8/h8,12H,5-7H2,1-4H3. The molecular formula is C11H20N4. The molecule has 4 heteroatoms. The number of aromatic nitrogens is 3. The first-order chi connectivity index (χ1) is 6.97. The van der Waals surface area contributed by atoms with Gasteiger partial charge in [-0.15, -0.1) is 0 Å². The quantitative estimate of drug-likeness (QED) is 0.815. The van der Waals surface area contributed by atoms with Crippen LogP contribution in [0.3, 0.4) is 0 Å². The zero-order valence-electron chi connectivity index (χ0n) is 10.0. The molecule has 0 amide bonds. The number of hydrogen-bond donors (Lipinski definition) is 1. The Hall–Kier alpha value is -0.900. The van der Waals surface area contributed by atoms with E-state index in [1.165, 1.54) is 12.8 Å². The Bertz CT molecular complexity index is 344. The summed E-state index contributed by atoms with van der Waals surface area (Å²) in [5.74, 6) is 1.96. The molecule has 1 N–H and O–H groups in total. The lowest BCUT2D eigenvalue weighted by Crippen LogP contribution is -2.18. The largest absolute Gasteiger partial charge is 0.307 e. The van der Waals surface area contributed by atoms with Crippen LogP contribution in [0, 0.1) is 0 Å². The second-order valence-electron chi connectivity index (χ2n) is 5.38. The van der Waals surface area contributed by atoms with Crippen LogP contribution >= 0.6 is 0 Å². The molecule has 1 aliphatic rings. The summed E-state index contributed by atoms with van der Waals surface area (Å²) in [6.07, 6.45) is 2.62. The maximum absolute atomic E-state index is 4.57. The highest BCUT2D eigenvalue weighted by molar-refractivity contribution is 5.03. The van der Waals surface area contributed by atoms with Gasteiger partial charge in [-0.05, 0) is 12.8 Å². The predicted octanol–water partition coefficient (Wildman–Crippen LogP) is 1.36. The Morgan fingerprint density at radius 2 is 2.07 bits per heavy atom. The maximum atomic E-state index is 4.57. The van der Waals surface area contributed by atoms with Crippen molar-refractivity contribution in [2.45, 2.75) is 51.6 Å². The molecule has 0 bridgehead atoms. The first kappa shape index (κ1) is 10.6. The molecule has 1 aliphatic carbocycles. The van der Waals surface area contributed by atoms with Gasteiger partial charge in [0.15, 0.2) is 5.82 Å². The molecule has 1 aromatic rings. The van der Waals surface area contributed by atoms with Gasteiger partial charge < -0.3 is 5.32 Å². The molecule has 0 radical (unpaired) electrons. The van der Waals surface area contributed by atoms with E-state index in [1.807, 2.05) is 11.7 Å². The fourth-order valence-corrected chi connectivity index (χ4v) is 1.41. The van der Waals surface area contributed by atoms with E-state index in [-0.39, 0.29) is 5.41 Å². The van der Waals surface area contributed by atoms with E-state index in [0.29, 0.717) is 0 Å². The minimum atomic E-state index is 0.0373. The summed E-state index contributed by atoms with van der Waals surface area (Å²) in [5.41, 5.74) is 0.0373. The Balaban J connectivity index is 2.06. The molecule has 1 fully saturated rings. The number of rotatable bonds is 3. The number of hydrogen-bond acceptors (Lipinski definition) is 3. The Morgan fingerprint density at radius 3 is 2.53 bits per heavy atom. The molecule has 15 heavy (non-hydrogen) atoms. The average Bonchev–Trinajstić information content (AvgIpc) is 2.86. The molecule has 0 atom stereocenters. The molecular weight excluding hydrogens is 188 g/mol. The lowest BCUT2D eigenvalue weighted by Gasteiger charge is -2.12. The van der Waals surface area contributed by atoms with Crippen molar-refractivity contribution in [3.63, 3.8) is 0 Å². The molecule has 0 aromatic carbocycles. The SMILES string of the molecule is Cn1nc(C(C)(C)C)nc1CNC1CC1. The van der Waals surface area contributed by atoms with Crippen LogP contribution in [0.5, 0.6) is 0 Å². The van der Waals surface area contributed by atoms with Crippen molar-refractivity contribution >= 4 is 0 Å². The number of nitrogens with one attached hydrogen (secondary N) is 1. The minimum absolute atomic E-state index is 0.0373. The summed E-state index contributed by atoms with van der Waals surface area (Å²) >= 11 is 0. The Labute approximate surface area is 91.1 Å². The fourth-order valence-electron chi connectivity index (χ4n) is 1.41. The van der Waals surface area contributed by atoms with Crippen LogP contribution in [0.2, 0.25) is 0 Å². The number of aryl methyl sites for hydroxylation is 1. The van der Waals surface area contributed by atoms with Crippen LogP contribution in [0.4, 0.5) is 0 Å². The molecule has 2 rings (SSSR count). The lowest BCUT2D eigenvalue weighted by molar-refractivity contribution is 0.538. The van der Waals surface area contributed by atoms with Gasteiger partial charge in [0.05, 0.1) is 6.54 Å². The summed E-state index contributed by atoms with van der Waals surface area (Å²) in [6, 6.07) is 0.722. The molecule has 1 aromatic heterocycles. The first-order valence-corrected chi connectivity index (χ1v) is 5.60. The molecule has 1 saturated carbocycles. The summed E-state index contributed by atoms with van der Waals surface area (Å²) in [4.78, 5) is 4.57. The minimum Gasteiger partial charge on any atom is -0.307 e. The van der Waals surface area contributed by atoms with E-state index in [1.54, 1.807) is 0 Å². The molecule has 4 nitrogen and oxygen atoms in total. The van der Waals surface area contributed by atoms with Gasteiger partial charge in [-0.2, -0.15) is 5.10 Å². The van der Waals surface area contributed by atoms with Crippen molar-refractivity contribution in [2.75, 3.05) is 0 Å². The van der Waals surface area contributed by atoms with E-state index < -0.39 is 0 Å². The molecule has 0 aliphatic heterocycles. The predicted molar refractivity (Wildman–Crippen MR) is 59.6 cm³/mol. The Kier molecular flexibility index (Phi) is 2.54. The van der Waals surface area contributed by atoms with Gasteiger partial charge >= 0.3 is 0 Å². The molecule has 1 heterocycles. The van der Waals surface area contributed by atoms with Crippen molar-refractivity contribution in [2.24, 2.45) is 7.05 Å². The summed E-state index contributed by atoms with van der Waals surface area (Å²) in [6.45, 7) is 7.26. The van der Waals surface area contributed by atoms with Crippen molar-refractivity contribution in [1.82, 2.24) is 20.1 Å². The zero-order valence-corrected chi connectivity index (χ0v) is 10.0. The van der Waals surface area contributed by atoms with E-state index in [2.05, 4.69) is 36.2 Å². The summed E-state index contributed by atoms with van der Waals surface area (Å²) in [5, 5.41) is 7.90. The van der Waals surface area contributed by atoms with Crippen molar-refractivity contribution in [3.05, 3.63) is 11.6 Å². The first-order valence-electron chi connectivity index (χ1n) is 5.60. The third-order valence-corrected chi connectivity index (χ3v) is 2.65. The number of nitrogens with zero attached hydrogens (tertiary/aromatic N) is 3. The average molecular weight is 208 g/mol. The van der Waals surface area contributed by atoms with E-state index >= 15 is 0 Å². The van der Waals surface area contributed by atoms with E-state index in [0.717, 1.165) is 24.2 Å². The fraction of sp³-hybridized carbons (Fsp3) is 0.818. The van der Waals surface area contributed by atoms with Crippen LogP contribution < -0.4 is 5.32 Å². The second kappa shape index (κ2) is 3.59. The van der Waals surface area contributed by atoms with Gasteiger partial charge in [0.25, 0.3) is 0 Å². The van der Waals surface area contributed by atoms with Gasteiger partial charge in [0.1, 0.15) is 5.82 Å². The highest BCUT2D eigenvalue weighted by Gasteiger charge is 2.23.